The summed E-state index contributed by atoms with van der Waals surface area (Å²) < 4.78 is 5.22. The molecule has 1 saturated heterocycles. The van der Waals surface area contributed by atoms with Gasteiger partial charge in [-0.25, -0.2) is 4.79 Å². The summed E-state index contributed by atoms with van der Waals surface area (Å²) in [5.41, 5.74) is 1.35. The van der Waals surface area contributed by atoms with Gasteiger partial charge in [-0.05, 0) is 38.3 Å². The van der Waals surface area contributed by atoms with Gasteiger partial charge >= 0.3 is 5.97 Å². The van der Waals surface area contributed by atoms with Gasteiger partial charge in [-0.1, -0.05) is 30.3 Å². The summed E-state index contributed by atoms with van der Waals surface area (Å²) in [4.78, 5) is 42.8. The predicted octanol–water partition coefficient (Wildman–Crippen LogP) is 2.82. The summed E-state index contributed by atoms with van der Waals surface area (Å²) in [5.74, 6) is -0.519. The molecule has 1 atom stereocenters. The Hall–Kier alpha value is -2.75. The van der Waals surface area contributed by atoms with Gasteiger partial charge in [-0.3, -0.25) is 19.4 Å². The van der Waals surface area contributed by atoms with E-state index in [9.17, 15) is 14.4 Å². The van der Waals surface area contributed by atoms with E-state index in [0.29, 0.717) is 36.2 Å². The second kappa shape index (κ2) is 11.1. The highest BCUT2D eigenvalue weighted by atomic mass is 32.1. The number of hydrogen-bond acceptors (Lipinski definition) is 7. The first-order chi connectivity index (χ1) is 16.4. The number of amides is 2. The maximum absolute atomic E-state index is 13.1. The van der Waals surface area contributed by atoms with Crippen LogP contribution in [0.4, 0.5) is 5.00 Å². The second-order valence-corrected chi connectivity index (χ2v) is 9.81. The zero-order valence-corrected chi connectivity index (χ0v) is 20.5. The van der Waals surface area contributed by atoms with Crippen molar-refractivity contribution in [2.24, 2.45) is 0 Å². The third-order valence-corrected chi connectivity index (χ3v) is 7.27. The standard InChI is InChI=1S/C25H32N4O4S/c1-3-33-25(32)20-15-21(18-7-5-4-6-8-18)34-24(20)27-23(31)17(2)29-13-11-28(12-14-29)16-22(30)26-19-9-10-19/h4-8,15,17,19H,3,9-14,16H2,1-2H3,(H,26,30)(H,27,31). The van der Waals surface area contributed by atoms with E-state index in [1.54, 1.807) is 13.0 Å². The fraction of sp³-hybridized carbons (Fsp3) is 0.480. The number of hydrogen-bond donors (Lipinski definition) is 2. The third kappa shape index (κ3) is 6.22. The van der Waals surface area contributed by atoms with E-state index in [0.717, 1.165) is 36.4 Å². The maximum Gasteiger partial charge on any atom is 0.341 e. The SMILES string of the molecule is CCOC(=O)c1cc(-c2ccccc2)sc1NC(=O)C(C)N1CCN(CC(=O)NC2CC2)CC1. The molecule has 1 aromatic carbocycles. The molecule has 2 amide bonds. The average molecular weight is 485 g/mol. The first-order valence-electron chi connectivity index (χ1n) is 11.9. The van der Waals surface area contributed by atoms with Crippen LogP contribution in [-0.4, -0.2) is 79.0 Å². The number of carbonyl (C=O) groups is 3. The molecule has 9 heteroatoms. The number of nitrogens with one attached hydrogen (secondary N) is 2. The van der Waals surface area contributed by atoms with Crippen LogP contribution < -0.4 is 10.6 Å². The molecule has 1 aliphatic heterocycles. The van der Waals surface area contributed by atoms with Gasteiger partial charge in [0.1, 0.15) is 5.00 Å². The molecular weight excluding hydrogens is 452 g/mol. The monoisotopic (exact) mass is 484 g/mol. The largest absolute Gasteiger partial charge is 0.462 e. The van der Waals surface area contributed by atoms with Crippen LogP contribution in [0.5, 0.6) is 0 Å². The van der Waals surface area contributed by atoms with Crippen molar-refractivity contribution in [3.63, 3.8) is 0 Å². The lowest BCUT2D eigenvalue weighted by Crippen LogP contribution is -2.54. The highest BCUT2D eigenvalue weighted by Crippen LogP contribution is 2.36. The quantitative estimate of drug-likeness (QED) is 0.532. The van der Waals surface area contributed by atoms with Gasteiger partial charge in [0.05, 0.1) is 24.8 Å². The van der Waals surface area contributed by atoms with E-state index in [1.165, 1.54) is 11.3 Å². The van der Waals surface area contributed by atoms with Crippen molar-refractivity contribution in [1.82, 2.24) is 15.1 Å². The summed E-state index contributed by atoms with van der Waals surface area (Å²) in [6, 6.07) is 11.6. The van der Waals surface area contributed by atoms with Gasteiger partial charge < -0.3 is 15.4 Å². The minimum atomic E-state index is -0.443. The number of piperazine rings is 1. The Morgan fingerprint density at radius 2 is 1.82 bits per heavy atom. The van der Waals surface area contributed by atoms with Crippen LogP contribution in [0.25, 0.3) is 10.4 Å². The minimum Gasteiger partial charge on any atom is -0.462 e. The van der Waals surface area contributed by atoms with Gasteiger partial charge in [0.2, 0.25) is 11.8 Å². The van der Waals surface area contributed by atoms with Crippen molar-refractivity contribution in [2.75, 3.05) is 44.6 Å². The molecule has 2 aromatic rings. The van der Waals surface area contributed by atoms with E-state index in [-0.39, 0.29) is 24.5 Å². The molecule has 34 heavy (non-hydrogen) atoms. The Labute approximate surface area is 204 Å². The Balaban J connectivity index is 1.37. The lowest BCUT2D eigenvalue weighted by Gasteiger charge is -2.37. The molecule has 2 N–H and O–H groups in total. The highest BCUT2D eigenvalue weighted by molar-refractivity contribution is 7.20. The Kier molecular flexibility index (Phi) is 7.97. The average Bonchev–Trinajstić information content (AvgIpc) is 3.55. The van der Waals surface area contributed by atoms with Crippen LogP contribution in [0.2, 0.25) is 0 Å². The van der Waals surface area contributed by atoms with Gasteiger partial charge in [-0.2, -0.15) is 0 Å². The van der Waals surface area contributed by atoms with E-state index in [2.05, 4.69) is 20.4 Å². The van der Waals surface area contributed by atoms with Crippen LogP contribution >= 0.6 is 11.3 Å². The van der Waals surface area contributed by atoms with Crippen LogP contribution in [0.3, 0.4) is 0 Å². The molecule has 2 heterocycles. The molecule has 1 aromatic heterocycles. The molecule has 2 fully saturated rings. The van der Waals surface area contributed by atoms with E-state index < -0.39 is 5.97 Å². The molecule has 182 valence electrons. The number of nitrogens with zero attached hydrogens (tertiary/aromatic N) is 2. The number of rotatable bonds is 9. The molecule has 4 rings (SSSR count). The summed E-state index contributed by atoms with van der Waals surface area (Å²) in [6.45, 7) is 7.19. The van der Waals surface area contributed by atoms with Gasteiger partial charge in [0, 0.05) is 37.1 Å². The normalized spacial score (nSPS) is 17.7. The van der Waals surface area contributed by atoms with Crippen molar-refractivity contribution in [2.45, 2.75) is 38.8 Å². The fourth-order valence-electron chi connectivity index (χ4n) is 3.98. The number of carbonyl (C=O) groups excluding carboxylic acids is 3. The molecule has 0 radical (unpaired) electrons. The molecule has 2 aliphatic rings. The zero-order valence-electron chi connectivity index (χ0n) is 19.7. The molecule has 1 unspecified atom stereocenters. The molecule has 8 nitrogen and oxygen atoms in total. The zero-order chi connectivity index (χ0) is 24.1. The van der Waals surface area contributed by atoms with Crippen molar-refractivity contribution in [3.8, 4) is 10.4 Å². The second-order valence-electron chi connectivity index (χ2n) is 8.76. The number of esters is 1. The molecule has 0 spiro atoms. The predicted molar refractivity (Wildman–Crippen MR) is 133 cm³/mol. The van der Waals surface area contributed by atoms with E-state index in [4.69, 9.17) is 4.74 Å². The first-order valence-corrected chi connectivity index (χ1v) is 12.7. The Morgan fingerprint density at radius 3 is 2.47 bits per heavy atom. The summed E-state index contributed by atoms with van der Waals surface area (Å²) in [5, 5.41) is 6.50. The fourth-order valence-corrected chi connectivity index (χ4v) is 5.04. The maximum atomic E-state index is 13.1. The van der Waals surface area contributed by atoms with E-state index >= 15 is 0 Å². The number of thiophene rings is 1. The third-order valence-electron chi connectivity index (χ3n) is 6.17. The summed E-state index contributed by atoms with van der Waals surface area (Å²) >= 11 is 1.37. The molecule has 1 aliphatic carbocycles. The van der Waals surface area contributed by atoms with E-state index in [1.807, 2.05) is 37.3 Å². The lowest BCUT2D eigenvalue weighted by atomic mass is 10.1. The topological polar surface area (TPSA) is 91.0 Å². The van der Waals surface area contributed by atoms with Gasteiger partial charge in [0.15, 0.2) is 0 Å². The van der Waals surface area contributed by atoms with Crippen LogP contribution in [0, 0.1) is 0 Å². The molecular formula is C25H32N4O4S. The van der Waals surface area contributed by atoms with Gasteiger partial charge in [-0.15, -0.1) is 11.3 Å². The number of benzene rings is 1. The molecule has 0 bridgehead atoms. The van der Waals surface area contributed by atoms with Crippen molar-refractivity contribution >= 4 is 34.1 Å². The lowest BCUT2D eigenvalue weighted by molar-refractivity contribution is -0.124. The minimum absolute atomic E-state index is 0.0835. The smallest absolute Gasteiger partial charge is 0.341 e. The summed E-state index contributed by atoms with van der Waals surface area (Å²) in [6.07, 6.45) is 2.17. The van der Waals surface area contributed by atoms with Crippen LogP contribution in [0.15, 0.2) is 36.4 Å². The van der Waals surface area contributed by atoms with Crippen molar-refractivity contribution < 1.29 is 19.1 Å². The molecule has 1 saturated carbocycles. The summed E-state index contributed by atoms with van der Waals surface area (Å²) in [7, 11) is 0. The Morgan fingerprint density at radius 1 is 1.12 bits per heavy atom. The van der Waals surface area contributed by atoms with Crippen LogP contribution in [0.1, 0.15) is 37.0 Å². The van der Waals surface area contributed by atoms with Gasteiger partial charge in [0.25, 0.3) is 0 Å². The number of ether oxygens (including phenoxy) is 1. The number of anilines is 1. The first kappa shape index (κ1) is 24.4. The highest BCUT2D eigenvalue weighted by Gasteiger charge is 2.29. The van der Waals surface area contributed by atoms with Crippen molar-refractivity contribution in [3.05, 3.63) is 42.0 Å². The van der Waals surface area contributed by atoms with Crippen LogP contribution in [-0.2, 0) is 14.3 Å². The Bertz CT molecular complexity index is 1010. The van der Waals surface area contributed by atoms with Crippen molar-refractivity contribution in [1.29, 1.82) is 0 Å².